The lowest BCUT2D eigenvalue weighted by atomic mass is 10.2. The van der Waals surface area contributed by atoms with Gasteiger partial charge in [-0.25, -0.2) is 4.79 Å². The van der Waals surface area contributed by atoms with Crippen LogP contribution in [0, 0.1) is 0 Å². The zero-order chi connectivity index (χ0) is 12.8. The van der Waals surface area contributed by atoms with Gasteiger partial charge in [-0.05, 0) is 19.8 Å². The Morgan fingerprint density at radius 1 is 1.28 bits per heavy atom. The molecule has 2 rings (SSSR count). The molecule has 0 aromatic heterocycles. The monoisotopic (exact) mass is 256 g/mol. The first-order valence-electron chi connectivity index (χ1n) is 7.03. The van der Waals surface area contributed by atoms with E-state index in [-0.39, 0.29) is 18.3 Å². The summed E-state index contributed by atoms with van der Waals surface area (Å²) in [6.45, 7) is 5.68. The lowest BCUT2D eigenvalue weighted by Gasteiger charge is -2.29. The summed E-state index contributed by atoms with van der Waals surface area (Å²) in [5.41, 5.74) is 0. The third-order valence-corrected chi connectivity index (χ3v) is 3.49. The zero-order valence-electron chi connectivity index (χ0n) is 11.2. The largest absolute Gasteiger partial charge is 0.447 e. The molecule has 0 radical (unpaired) electrons. The van der Waals surface area contributed by atoms with Crippen LogP contribution in [0.4, 0.5) is 4.79 Å². The first kappa shape index (κ1) is 13.6. The third-order valence-electron chi connectivity index (χ3n) is 3.49. The van der Waals surface area contributed by atoms with Gasteiger partial charge in [-0.15, -0.1) is 0 Å². The van der Waals surface area contributed by atoms with E-state index in [1.807, 2.05) is 11.8 Å². The van der Waals surface area contributed by atoms with E-state index in [4.69, 9.17) is 9.47 Å². The topological polar surface area (TPSA) is 50.8 Å². The Kier molecular flexibility index (Phi) is 5.26. The Morgan fingerprint density at radius 2 is 2.00 bits per heavy atom. The summed E-state index contributed by atoms with van der Waals surface area (Å²) < 4.78 is 11.0. The van der Waals surface area contributed by atoms with Crippen LogP contribution < -0.4 is 5.32 Å². The average molecular weight is 256 g/mol. The van der Waals surface area contributed by atoms with Gasteiger partial charge >= 0.3 is 6.09 Å². The molecule has 2 heterocycles. The van der Waals surface area contributed by atoms with Crippen molar-refractivity contribution in [3.8, 4) is 0 Å². The first-order chi connectivity index (χ1) is 8.75. The lowest BCUT2D eigenvalue weighted by Crippen LogP contribution is -2.46. The highest BCUT2D eigenvalue weighted by atomic mass is 16.6. The number of morpholine rings is 1. The fourth-order valence-corrected chi connectivity index (χ4v) is 2.48. The van der Waals surface area contributed by atoms with Crippen molar-refractivity contribution in [1.29, 1.82) is 0 Å². The smallest absolute Gasteiger partial charge is 0.409 e. The van der Waals surface area contributed by atoms with Gasteiger partial charge in [0.25, 0.3) is 0 Å². The predicted molar refractivity (Wildman–Crippen MR) is 68.6 cm³/mol. The number of rotatable bonds is 2. The molecule has 0 spiro atoms. The molecule has 1 N–H and O–H groups in total. The number of carbonyl (C=O) groups is 1. The highest BCUT2D eigenvalue weighted by Crippen LogP contribution is 2.11. The van der Waals surface area contributed by atoms with Gasteiger partial charge in [-0.1, -0.05) is 12.8 Å². The molecule has 104 valence electrons. The van der Waals surface area contributed by atoms with E-state index in [1.165, 1.54) is 12.8 Å². The molecule has 5 heteroatoms. The van der Waals surface area contributed by atoms with Crippen molar-refractivity contribution in [2.45, 2.75) is 44.8 Å². The van der Waals surface area contributed by atoms with Crippen LogP contribution in [0.25, 0.3) is 0 Å². The van der Waals surface area contributed by atoms with E-state index >= 15 is 0 Å². The second-order valence-electron chi connectivity index (χ2n) is 5.21. The van der Waals surface area contributed by atoms with E-state index in [0.29, 0.717) is 6.61 Å². The number of carbonyl (C=O) groups excluding carboxylic acids is 1. The van der Waals surface area contributed by atoms with Crippen LogP contribution in [-0.2, 0) is 9.47 Å². The molecular formula is C13H24N2O3. The number of ether oxygens (including phenoxy) is 2. The molecule has 2 aliphatic rings. The summed E-state index contributed by atoms with van der Waals surface area (Å²) in [5.74, 6) is 0. The van der Waals surface area contributed by atoms with Crippen molar-refractivity contribution in [2.24, 2.45) is 0 Å². The van der Waals surface area contributed by atoms with Gasteiger partial charge in [-0.3, -0.25) is 0 Å². The number of nitrogens with zero attached hydrogens (tertiary/aromatic N) is 1. The van der Waals surface area contributed by atoms with Crippen LogP contribution in [-0.4, -0.2) is 56.0 Å². The van der Waals surface area contributed by atoms with E-state index in [9.17, 15) is 4.79 Å². The van der Waals surface area contributed by atoms with Crippen LogP contribution in [0.2, 0.25) is 0 Å². The molecule has 2 atom stereocenters. The molecule has 2 fully saturated rings. The standard InChI is InChI=1S/C13H24N2O3/c1-11-8-14-9-12(18-11)10-17-13(16)15-6-4-2-3-5-7-15/h11-12,14H,2-10H2,1H3. The van der Waals surface area contributed by atoms with Crippen LogP contribution >= 0.6 is 0 Å². The van der Waals surface area contributed by atoms with E-state index in [0.717, 1.165) is 39.0 Å². The predicted octanol–water partition coefficient (Wildman–Crippen LogP) is 1.38. The summed E-state index contributed by atoms with van der Waals surface area (Å²) >= 11 is 0. The van der Waals surface area contributed by atoms with Crippen molar-refractivity contribution in [3.05, 3.63) is 0 Å². The molecule has 2 saturated heterocycles. The fourth-order valence-electron chi connectivity index (χ4n) is 2.48. The SMILES string of the molecule is CC1CNCC(COC(=O)N2CCCCCC2)O1. The Labute approximate surface area is 109 Å². The summed E-state index contributed by atoms with van der Waals surface area (Å²) in [7, 11) is 0. The van der Waals surface area contributed by atoms with Gasteiger partial charge in [0.2, 0.25) is 0 Å². The van der Waals surface area contributed by atoms with Gasteiger partial charge in [0.05, 0.1) is 6.10 Å². The quantitative estimate of drug-likeness (QED) is 0.811. The van der Waals surface area contributed by atoms with Gasteiger partial charge in [0.1, 0.15) is 12.7 Å². The minimum atomic E-state index is -0.182. The van der Waals surface area contributed by atoms with Crippen molar-refractivity contribution in [1.82, 2.24) is 10.2 Å². The fraction of sp³-hybridized carbons (Fsp3) is 0.923. The van der Waals surface area contributed by atoms with Crippen LogP contribution in [0.15, 0.2) is 0 Å². The minimum absolute atomic E-state index is 0.00956. The Balaban J connectivity index is 1.70. The molecule has 5 nitrogen and oxygen atoms in total. The second kappa shape index (κ2) is 6.95. The molecule has 0 aromatic carbocycles. The summed E-state index contributed by atoms with van der Waals surface area (Å²) in [5, 5.41) is 3.27. The molecule has 2 unspecified atom stereocenters. The molecule has 0 aliphatic carbocycles. The van der Waals surface area contributed by atoms with Crippen LogP contribution in [0.5, 0.6) is 0 Å². The van der Waals surface area contributed by atoms with Crippen LogP contribution in [0.1, 0.15) is 32.6 Å². The van der Waals surface area contributed by atoms with Crippen molar-refractivity contribution in [2.75, 3.05) is 32.8 Å². The molecule has 0 bridgehead atoms. The lowest BCUT2D eigenvalue weighted by molar-refractivity contribution is -0.0580. The maximum atomic E-state index is 11.9. The zero-order valence-corrected chi connectivity index (χ0v) is 11.2. The second-order valence-corrected chi connectivity index (χ2v) is 5.21. The summed E-state index contributed by atoms with van der Waals surface area (Å²) in [6.07, 6.45) is 4.62. The summed E-state index contributed by atoms with van der Waals surface area (Å²) in [4.78, 5) is 13.7. The van der Waals surface area contributed by atoms with Gasteiger partial charge in [0, 0.05) is 26.2 Å². The first-order valence-corrected chi connectivity index (χ1v) is 7.03. The number of nitrogens with one attached hydrogen (secondary N) is 1. The van der Waals surface area contributed by atoms with Crippen molar-refractivity contribution < 1.29 is 14.3 Å². The Morgan fingerprint density at radius 3 is 2.67 bits per heavy atom. The van der Waals surface area contributed by atoms with Gasteiger partial charge in [0.15, 0.2) is 0 Å². The van der Waals surface area contributed by atoms with E-state index < -0.39 is 0 Å². The highest BCUT2D eigenvalue weighted by molar-refractivity contribution is 5.67. The maximum Gasteiger partial charge on any atom is 0.409 e. The number of amides is 1. The normalized spacial score (nSPS) is 29.7. The maximum absolute atomic E-state index is 11.9. The van der Waals surface area contributed by atoms with Crippen molar-refractivity contribution >= 4 is 6.09 Å². The highest BCUT2D eigenvalue weighted by Gasteiger charge is 2.22. The molecule has 0 aromatic rings. The molecular weight excluding hydrogens is 232 g/mol. The number of hydrogen-bond donors (Lipinski definition) is 1. The molecule has 18 heavy (non-hydrogen) atoms. The molecule has 2 aliphatic heterocycles. The summed E-state index contributed by atoms with van der Waals surface area (Å²) in [6, 6.07) is 0. The number of hydrogen-bond acceptors (Lipinski definition) is 4. The van der Waals surface area contributed by atoms with Gasteiger partial charge < -0.3 is 19.7 Å². The molecule has 0 saturated carbocycles. The minimum Gasteiger partial charge on any atom is -0.447 e. The van der Waals surface area contributed by atoms with Gasteiger partial charge in [-0.2, -0.15) is 0 Å². The van der Waals surface area contributed by atoms with Crippen molar-refractivity contribution in [3.63, 3.8) is 0 Å². The van der Waals surface area contributed by atoms with E-state index in [1.54, 1.807) is 0 Å². The molecule has 1 amide bonds. The third kappa shape index (κ3) is 4.14. The van der Waals surface area contributed by atoms with E-state index in [2.05, 4.69) is 5.32 Å². The van der Waals surface area contributed by atoms with Crippen LogP contribution in [0.3, 0.4) is 0 Å². The number of likely N-dealkylation sites (tertiary alicyclic amines) is 1. The Hall–Kier alpha value is -0.810. The average Bonchev–Trinajstić information content (AvgIpc) is 2.65. The Bertz CT molecular complexity index is 265.